The van der Waals surface area contributed by atoms with Crippen LogP contribution in [0.2, 0.25) is 0 Å². The van der Waals surface area contributed by atoms with Crippen molar-refractivity contribution >= 4 is 0 Å². The van der Waals surface area contributed by atoms with Crippen molar-refractivity contribution < 1.29 is 13.5 Å². The van der Waals surface area contributed by atoms with Gasteiger partial charge in [0.1, 0.15) is 6.61 Å². The minimum absolute atomic E-state index is 0.100. The Labute approximate surface area is 116 Å². The van der Waals surface area contributed by atoms with Crippen LogP contribution in [0.15, 0.2) is 42.5 Å². The summed E-state index contributed by atoms with van der Waals surface area (Å²) < 4.78 is 31.6. The van der Waals surface area contributed by atoms with Crippen molar-refractivity contribution in [1.29, 1.82) is 0 Å². The molecule has 0 spiro atoms. The molecule has 0 saturated heterocycles. The second kappa shape index (κ2) is 6.69. The van der Waals surface area contributed by atoms with Crippen LogP contribution < -0.4 is 10.5 Å². The summed E-state index contributed by atoms with van der Waals surface area (Å²) in [6, 6.07) is 11.1. The van der Waals surface area contributed by atoms with Crippen LogP contribution in [-0.4, -0.2) is 6.54 Å². The Morgan fingerprint density at radius 2 is 1.80 bits per heavy atom. The molecule has 0 aliphatic carbocycles. The first-order chi connectivity index (χ1) is 9.70. The third-order valence-corrected chi connectivity index (χ3v) is 2.60. The molecule has 0 unspecified atom stereocenters. The Bertz CT molecular complexity index is 642. The summed E-state index contributed by atoms with van der Waals surface area (Å²) in [6.45, 7) is 0.467. The summed E-state index contributed by atoms with van der Waals surface area (Å²) in [6.07, 6.45) is 0. The molecular formula is C16H13F2NO. The molecule has 4 heteroatoms. The first-order valence-corrected chi connectivity index (χ1v) is 6.05. The van der Waals surface area contributed by atoms with Crippen molar-refractivity contribution in [1.82, 2.24) is 0 Å². The summed E-state index contributed by atoms with van der Waals surface area (Å²) in [5.41, 5.74) is 6.97. The van der Waals surface area contributed by atoms with Gasteiger partial charge in [0, 0.05) is 5.56 Å². The van der Waals surface area contributed by atoms with Crippen LogP contribution in [0, 0.1) is 23.5 Å². The maximum Gasteiger partial charge on any atom is 0.200 e. The van der Waals surface area contributed by atoms with Gasteiger partial charge in [0.2, 0.25) is 5.82 Å². The molecule has 0 fully saturated rings. The van der Waals surface area contributed by atoms with Crippen molar-refractivity contribution in [2.45, 2.75) is 6.61 Å². The minimum Gasteiger partial charge on any atom is -0.486 e. The fourth-order valence-corrected chi connectivity index (χ4v) is 1.59. The summed E-state index contributed by atoms with van der Waals surface area (Å²) in [7, 11) is 0. The molecule has 0 aliphatic rings. The molecule has 20 heavy (non-hydrogen) atoms. The molecule has 0 radical (unpaired) electrons. The van der Waals surface area contributed by atoms with E-state index in [1.54, 1.807) is 0 Å². The zero-order chi connectivity index (χ0) is 14.4. The molecule has 0 heterocycles. The van der Waals surface area contributed by atoms with E-state index in [9.17, 15) is 8.78 Å². The van der Waals surface area contributed by atoms with Gasteiger partial charge in [0.15, 0.2) is 11.6 Å². The Balaban J connectivity index is 2.02. The highest BCUT2D eigenvalue weighted by molar-refractivity contribution is 5.36. The van der Waals surface area contributed by atoms with Gasteiger partial charge in [0.05, 0.1) is 6.54 Å². The normalized spacial score (nSPS) is 9.75. The molecule has 2 aromatic carbocycles. The molecule has 102 valence electrons. The first-order valence-electron chi connectivity index (χ1n) is 6.05. The van der Waals surface area contributed by atoms with E-state index >= 15 is 0 Å². The molecule has 0 atom stereocenters. The molecule has 0 saturated carbocycles. The first kappa shape index (κ1) is 14.0. The molecule has 2 nitrogen and oxygen atoms in total. The summed E-state index contributed by atoms with van der Waals surface area (Å²) in [4.78, 5) is 0. The van der Waals surface area contributed by atoms with Crippen LogP contribution in [0.4, 0.5) is 8.78 Å². The van der Waals surface area contributed by atoms with Crippen LogP contribution in [0.3, 0.4) is 0 Å². The average molecular weight is 273 g/mol. The van der Waals surface area contributed by atoms with E-state index in [0.717, 1.165) is 17.2 Å². The molecule has 0 bridgehead atoms. The van der Waals surface area contributed by atoms with Crippen LogP contribution >= 0.6 is 0 Å². The highest BCUT2D eigenvalue weighted by Gasteiger charge is 2.08. The molecular weight excluding hydrogens is 260 g/mol. The van der Waals surface area contributed by atoms with E-state index < -0.39 is 11.6 Å². The van der Waals surface area contributed by atoms with Gasteiger partial charge >= 0.3 is 0 Å². The van der Waals surface area contributed by atoms with Gasteiger partial charge in [-0.05, 0) is 29.8 Å². The number of benzene rings is 2. The smallest absolute Gasteiger partial charge is 0.200 e. The van der Waals surface area contributed by atoms with E-state index in [2.05, 4.69) is 11.8 Å². The number of hydrogen-bond acceptors (Lipinski definition) is 2. The maximum absolute atomic E-state index is 13.4. The number of rotatable bonds is 3. The van der Waals surface area contributed by atoms with Crippen LogP contribution in [0.5, 0.6) is 5.75 Å². The largest absolute Gasteiger partial charge is 0.486 e. The lowest BCUT2D eigenvalue weighted by Crippen LogP contribution is -1.98. The van der Waals surface area contributed by atoms with Crippen molar-refractivity contribution in [3.05, 3.63) is 65.2 Å². The van der Waals surface area contributed by atoms with E-state index in [1.165, 1.54) is 12.1 Å². The Morgan fingerprint density at radius 1 is 1.05 bits per heavy atom. The predicted octanol–water partition coefficient (Wildman–Crippen LogP) is 2.85. The lowest BCUT2D eigenvalue weighted by molar-refractivity contribution is 0.284. The predicted molar refractivity (Wildman–Crippen MR) is 73.1 cm³/mol. The standard InChI is InChI=1S/C16H13F2NO/c17-14-4-1-5-15(16(14)18)20-11-13-8-6-12(7-9-13)3-2-10-19/h1,4-9H,10-11,19H2. The zero-order valence-electron chi connectivity index (χ0n) is 10.7. The number of halogens is 2. The molecule has 0 aliphatic heterocycles. The quantitative estimate of drug-likeness (QED) is 0.873. The average Bonchev–Trinajstić information content (AvgIpc) is 2.48. The van der Waals surface area contributed by atoms with Gasteiger partial charge < -0.3 is 10.5 Å². The fourth-order valence-electron chi connectivity index (χ4n) is 1.59. The minimum atomic E-state index is -0.974. The zero-order valence-corrected chi connectivity index (χ0v) is 10.7. The van der Waals surface area contributed by atoms with E-state index in [0.29, 0.717) is 6.54 Å². The van der Waals surface area contributed by atoms with Gasteiger partial charge in [-0.15, -0.1) is 0 Å². The van der Waals surface area contributed by atoms with Crippen molar-refractivity contribution in [2.75, 3.05) is 6.54 Å². The number of ether oxygens (including phenoxy) is 1. The third-order valence-electron chi connectivity index (χ3n) is 2.60. The van der Waals surface area contributed by atoms with E-state index in [-0.39, 0.29) is 12.4 Å². The van der Waals surface area contributed by atoms with Gasteiger partial charge in [-0.3, -0.25) is 0 Å². The highest BCUT2D eigenvalue weighted by Crippen LogP contribution is 2.20. The molecule has 0 aromatic heterocycles. The second-order valence-corrected chi connectivity index (χ2v) is 4.04. The van der Waals surface area contributed by atoms with Crippen molar-refractivity contribution in [3.63, 3.8) is 0 Å². The number of hydrogen-bond donors (Lipinski definition) is 1. The van der Waals surface area contributed by atoms with Gasteiger partial charge in [-0.2, -0.15) is 4.39 Å². The lowest BCUT2D eigenvalue weighted by Gasteiger charge is -2.07. The summed E-state index contributed by atoms with van der Waals surface area (Å²) in [5.74, 6) is 3.65. The second-order valence-electron chi connectivity index (χ2n) is 4.04. The fraction of sp³-hybridized carbons (Fsp3) is 0.125. The van der Waals surface area contributed by atoms with Crippen LogP contribution in [0.1, 0.15) is 11.1 Å². The van der Waals surface area contributed by atoms with Crippen LogP contribution in [0.25, 0.3) is 0 Å². The summed E-state index contributed by atoms with van der Waals surface area (Å²) in [5, 5.41) is 0. The van der Waals surface area contributed by atoms with Gasteiger partial charge in [-0.25, -0.2) is 4.39 Å². The maximum atomic E-state index is 13.4. The van der Waals surface area contributed by atoms with Crippen LogP contribution in [-0.2, 0) is 6.61 Å². The molecule has 0 amide bonds. The monoisotopic (exact) mass is 273 g/mol. The van der Waals surface area contributed by atoms with E-state index in [1.807, 2.05) is 24.3 Å². The molecule has 2 aromatic rings. The highest BCUT2D eigenvalue weighted by atomic mass is 19.2. The Morgan fingerprint density at radius 3 is 2.50 bits per heavy atom. The molecule has 2 rings (SSSR count). The Hall–Kier alpha value is -2.38. The van der Waals surface area contributed by atoms with Crippen molar-refractivity contribution in [2.24, 2.45) is 5.73 Å². The van der Waals surface area contributed by atoms with Gasteiger partial charge in [-0.1, -0.05) is 30.0 Å². The van der Waals surface area contributed by atoms with Crippen molar-refractivity contribution in [3.8, 4) is 17.6 Å². The lowest BCUT2D eigenvalue weighted by atomic mass is 10.1. The summed E-state index contributed by atoms with van der Waals surface area (Å²) >= 11 is 0. The number of nitrogens with two attached hydrogens (primary N) is 1. The van der Waals surface area contributed by atoms with E-state index in [4.69, 9.17) is 10.5 Å². The third kappa shape index (κ3) is 3.56. The Kier molecular flexibility index (Phi) is 4.70. The molecule has 2 N–H and O–H groups in total. The van der Waals surface area contributed by atoms with Gasteiger partial charge in [0.25, 0.3) is 0 Å². The topological polar surface area (TPSA) is 35.2 Å². The SMILES string of the molecule is NCC#Cc1ccc(COc2cccc(F)c2F)cc1.